The van der Waals surface area contributed by atoms with Crippen LogP contribution in [0.25, 0.3) is 0 Å². The molecular formula is C29H38N8O3. The number of hydrogen-bond acceptors (Lipinski definition) is 10. The first-order valence-electron chi connectivity index (χ1n) is 13.8. The Morgan fingerprint density at radius 1 is 1.07 bits per heavy atom. The van der Waals surface area contributed by atoms with E-state index in [4.69, 9.17) is 20.9 Å². The number of aromatic nitrogens is 2. The molecule has 212 valence electrons. The molecular weight excluding hydrogens is 508 g/mol. The summed E-state index contributed by atoms with van der Waals surface area (Å²) in [5, 5.41) is 3.28. The smallest absolute Gasteiger partial charge is 0.271 e. The topological polar surface area (TPSA) is 135 Å². The van der Waals surface area contributed by atoms with Gasteiger partial charge in [0.25, 0.3) is 5.91 Å². The van der Waals surface area contributed by atoms with E-state index in [0.717, 1.165) is 77.6 Å². The van der Waals surface area contributed by atoms with Crippen LogP contribution in [-0.4, -0.2) is 91.7 Å². The number of likely N-dealkylation sites (N-methyl/N-ethyl adjacent to an activating group) is 1. The Balaban J connectivity index is 1.37. The van der Waals surface area contributed by atoms with Gasteiger partial charge >= 0.3 is 0 Å². The van der Waals surface area contributed by atoms with Crippen LogP contribution in [0.1, 0.15) is 22.5 Å². The normalized spacial score (nSPS) is 16.6. The van der Waals surface area contributed by atoms with Crippen molar-refractivity contribution in [1.29, 1.82) is 0 Å². The van der Waals surface area contributed by atoms with Crippen LogP contribution in [0.3, 0.4) is 0 Å². The molecule has 3 heterocycles. The van der Waals surface area contributed by atoms with Gasteiger partial charge in [0.1, 0.15) is 5.75 Å². The van der Waals surface area contributed by atoms with E-state index in [1.807, 2.05) is 6.07 Å². The quantitative estimate of drug-likeness (QED) is 0.326. The Morgan fingerprint density at radius 3 is 2.62 bits per heavy atom. The molecule has 2 aliphatic rings. The summed E-state index contributed by atoms with van der Waals surface area (Å²) >= 11 is 0. The summed E-state index contributed by atoms with van der Waals surface area (Å²) in [5.74, 6) is 0.301. The van der Waals surface area contributed by atoms with E-state index in [0.29, 0.717) is 11.4 Å². The Labute approximate surface area is 235 Å². The molecule has 2 saturated heterocycles. The molecule has 5 N–H and O–H groups in total. The summed E-state index contributed by atoms with van der Waals surface area (Å²) < 4.78 is 11.3. The number of nitrogens with two attached hydrogens (primary N) is 2. The van der Waals surface area contributed by atoms with E-state index in [1.165, 1.54) is 17.4 Å². The number of nitrogen functional groups attached to an aromatic ring is 1. The Bertz CT molecular complexity index is 1310. The van der Waals surface area contributed by atoms with Gasteiger partial charge < -0.3 is 36.1 Å². The molecule has 2 aromatic carbocycles. The summed E-state index contributed by atoms with van der Waals surface area (Å²) in [6.45, 7) is 8.64. The van der Waals surface area contributed by atoms with Gasteiger partial charge in [-0.15, -0.1) is 0 Å². The molecule has 5 rings (SSSR count). The second-order valence-corrected chi connectivity index (χ2v) is 10.3. The molecule has 11 nitrogen and oxygen atoms in total. The number of carbonyl (C=O) groups excluding carboxylic acids is 1. The minimum absolute atomic E-state index is 0.0388. The summed E-state index contributed by atoms with van der Waals surface area (Å²) in [5.41, 5.74) is 15.4. The third kappa shape index (κ3) is 7.17. The molecule has 0 saturated carbocycles. The minimum atomic E-state index is -0.676. The molecule has 1 aromatic heterocycles. The third-order valence-corrected chi connectivity index (χ3v) is 7.27. The summed E-state index contributed by atoms with van der Waals surface area (Å²) in [6, 6.07) is 13.3. The lowest BCUT2D eigenvalue weighted by Crippen LogP contribution is -2.44. The largest absolute Gasteiger partial charge is 0.437 e. The van der Waals surface area contributed by atoms with Crippen LogP contribution in [0.2, 0.25) is 0 Å². The first kappa shape index (κ1) is 27.6. The molecule has 11 heteroatoms. The van der Waals surface area contributed by atoms with Crippen LogP contribution in [0, 0.1) is 0 Å². The van der Waals surface area contributed by atoms with Crippen molar-refractivity contribution >= 4 is 28.8 Å². The molecule has 40 heavy (non-hydrogen) atoms. The highest BCUT2D eigenvalue weighted by molar-refractivity contribution is 5.96. The SMILES string of the molecule is CN1CCN(c2ccc(Nc3nc(Oc4cccc(N)c4)cnc3C(N)=O)cc2CCCN2CCOCC2)CC1. The fourth-order valence-corrected chi connectivity index (χ4v) is 5.06. The Morgan fingerprint density at radius 2 is 1.88 bits per heavy atom. The predicted octanol–water partition coefficient (Wildman–Crippen LogP) is 2.71. The highest BCUT2D eigenvalue weighted by Crippen LogP contribution is 2.30. The lowest BCUT2D eigenvalue weighted by molar-refractivity contribution is 0.0375. The number of ether oxygens (including phenoxy) is 2. The molecule has 2 aliphatic heterocycles. The summed E-state index contributed by atoms with van der Waals surface area (Å²) in [6.07, 6.45) is 3.35. The predicted molar refractivity (Wildman–Crippen MR) is 156 cm³/mol. The van der Waals surface area contributed by atoms with Gasteiger partial charge in [0, 0.05) is 62.4 Å². The number of aryl methyl sites for hydroxylation is 1. The van der Waals surface area contributed by atoms with Gasteiger partial charge in [-0.2, -0.15) is 4.98 Å². The van der Waals surface area contributed by atoms with E-state index in [9.17, 15) is 4.79 Å². The number of morpholine rings is 1. The number of hydrogen-bond donors (Lipinski definition) is 3. The second kappa shape index (κ2) is 12.9. The summed E-state index contributed by atoms with van der Waals surface area (Å²) in [7, 11) is 2.16. The van der Waals surface area contributed by atoms with Crippen molar-refractivity contribution in [2.45, 2.75) is 12.8 Å². The number of nitrogens with one attached hydrogen (secondary N) is 1. The molecule has 0 aliphatic carbocycles. The van der Waals surface area contributed by atoms with Crippen molar-refractivity contribution in [1.82, 2.24) is 19.8 Å². The zero-order valence-electron chi connectivity index (χ0n) is 23.0. The fourth-order valence-electron chi connectivity index (χ4n) is 5.06. The van der Waals surface area contributed by atoms with Gasteiger partial charge in [-0.1, -0.05) is 6.07 Å². The van der Waals surface area contributed by atoms with Crippen molar-refractivity contribution in [2.75, 3.05) is 82.0 Å². The van der Waals surface area contributed by atoms with Crippen LogP contribution in [0.15, 0.2) is 48.7 Å². The molecule has 0 atom stereocenters. The van der Waals surface area contributed by atoms with Gasteiger partial charge in [0.2, 0.25) is 5.88 Å². The number of benzene rings is 2. The maximum absolute atomic E-state index is 12.2. The van der Waals surface area contributed by atoms with Crippen LogP contribution in [0.5, 0.6) is 11.6 Å². The molecule has 3 aromatic rings. The van der Waals surface area contributed by atoms with Crippen molar-refractivity contribution in [3.63, 3.8) is 0 Å². The lowest BCUT2D eigenvalue weighted by Gasteiger charge is -2.35. The second-order valence-electron chi connectivity index (χ2n) is 10.3. The van der Waals surface area contributed by atoms with Crippen molar-refractivity contribution in [2.24, 2.45) is 5.73 Å². The minimum Gasteiger partial charge on any atom is -0.437 e. The van der Waals surface area contributed by atoms with E-state index in [1.54, 1.807) is 24.3 Å². The fraction of sp³-hybridized carbons (Fsp3) is 0.414. The van der Waals surface area contributed by atoms with Gasteiger partial charge in [-0.25, -0.2) is 4.98 Å². The van der Waals surface area contributed by atoms with Gasteiger partial charge in [0.05, 0.1) is 19.4 Å². The van der Waals surface area contributed by atoms with E-state index in [2.05, 4.69) is 49.2 Å². The standard InChI is InChI=1S/C29H38N8O3/c1-35-10-12-37(13-11-35)25-8-7-23(18-21(25)4-3-9-36-14-16-39-17-15-36)33-29-27(28(31)38)32-20-26(34-29)40-24-6-2-5-22(30)19-24/h2,5-8,18-20H,3-4,9-17,30H2,1H3,(H2,31,38)(H,33,34). The van der Waals surface area contributed by atoms with Crippen LogP contribution >= 0.6 is 0 Å². The number of nitrogens with zero attached hydrogens (tertiary/aromatic N) is 5. The van der Waals surface area contributed by atoms with Crippen molar-refractivity contribution < 1.29 is 14.3 Å². The average molecular weight is 547 g/mol. The zero-order valence-corrected chi connectivity index (χ0v) is 23.0. The van der Waals surface area contributed by atoms with Gasteiger partial charge in [-0.3, -0.25) is 9.69 Å². The van der Waals surface area contributed by atoms with Gasteiger partial charge in [0.15, 0.2) is 11.5 Å². The first-order valence-corrected chi connectivity index (χ1v) is 13.8. The molecule has 2 fully saturated rings. The Hall–Kier alpha value is -3.93. The molecule has 0 spiro atoms. The zero-order chi connectivity index (χ0) is 27.9. The van der Waals surface area contributed by atoms with E-state index >= 15 is 0 Å². The molecule has 0 bridgehead atoms. The van der Waals surface area contributed by atoms with Crippen LogP contribution < -0.4 is 26.4 Å². The molecule has 0 radical (unpaired) electrons. The molecule has 0 unspecified atom stereocenters. The van der Waals surface area contributed by atoms with E-state index in [-0.39, 0.29) is 17.4 Å². The molecule has 1 amide bonds. The lowest BCUT2D eigenvalue weighted by atomic mass is 10.0. The summed E-state index contributed by atoms with van der Waals surface area (Å²) in [4.78, 5) is 28.2. The Kier molecular flexibility index (Phi) is 8.94. The highest BCUT2D eigenvalue weighted by atomic mass is 16.5. The van der Waals surface area contributed by atoms with Crippen LogP contribution in [0.4, 0.5) is 22.9 Å². The van der Waals surface area contributed by atoms with Crippen LogP contribution in [-0.2, 0) is 11.2 Å². The van der Waals surface area contributed by atoms with Gasteiger partial charge in [-0.05, 0) is 62.3 Å². The maximum atomic E-state index is 12.2. The number of primary amides is 1. The number of carbonyl (C=O) groups is 1. The number of amides is 1. The number of rotatable bonds is 10. The number of piperazine rings is 1. The monoisotopic (exact) mass is 546 g/mol. The average Bonchev–Trinajstić information content (AvgIpc) is 2.94. The van der Waals surface area contributed by atoms with Crippen molar-refractivity contribution in [3.05, 3.63) is 59.9 Å². The van der Waals surface area contributed by atoms with Crippen molar-refractivity contribution in [3.8, 4) is 11.6 Å². The highest BCUT2D eigenvalue weighted by Gasteiger charge is 2.19. The third-order valence-electron chi connectivity index (χ3n) is 7.27. The number of anilines is 4. The maximum Gasteiger partial charge on any atom is 0.271 e. The first-order chi connectivity index (χ1) is 19.4. The van der Waals surface area contributed by atoms with E-state index < -0.39 is 5.91 Å².